The average Bonchev–Trinajstić information content (AvgIpc) is 2.98. The summed E-state index contributed by atoms with van der Waals surface area (Å²) in [4.78, 5) is 7.90. The minimum Gasteiger partial charge on any atom is -0.505 e. The smallest absolute Gasteiger partial charge is 0.296 e. The van der Waals surface area contributed by atoms with Crippen LogP contribution in [0.2, 0.25) is 5.28 Å². The van der Waals surface area contributed by atoms with Crippen LogP contribution in [-0.4, -0.2) is 71.9 Å². The van der Waals surface area contributed by atoms with E-state index in [1.807, 2.05) is 0 Å². The normalized spacial score (nSPS) is 12.7. The largest absolute Gasteiger partial charge is 0.505 e. The minimum absolute atomic E-state index is 0.201. The third-order valence-electron chi connectivity index (χ3n) is 6.35. The molecule has 0 spiro atoms. The van der Waals surface area contributed by atoms with E-state index in [-0.39, 0.29) is 11.1 Å². The molecule has 0 aliphatic heterocycles. The maximum absolute atomic E-state index is 12.3. The standard InChI is InChI=1S/C25H18ClN7O13S4/c26-23-29-24(27-16-10-14(47(35,36)37)6-7-18(16)49(41,42)43)31-25(30-23)28-17-11-15(48(38,39)40)8-12-9-19(50(44,45)46)21(22(34)20(12)17)33-32-13-4-2-1-3-5-13/h1-11,34H,(H,35,36,37)(H,38,39,40)(H,41,42,43)(H,44,45,46)(H2,27,28,29,30,31). The molecule has 0 saturated carbocycles. The Balaban J connectivity index is 1.70. The van der Waals surface area contributed by atoms with Gasteiger partial charge in [0.25, 0.3) is 40.5 Å². The van der Waals surface area contributed by atoms with E-state index >= 15 is 0 Å². The molecule has 4 aromatic carbocycles. The van der Waals surface area contributed by atoms with Gasteiger partial charge in [-0.15, -0.1) is 5.11 Å². The number of nitrogens with zero attached hydrogens (tertiary/aromatic N) is 5. The third-order valence-corrected chi connectivity index (χ3v) is 9.98. The Labute approximate surface area is 286 Å². The predicted octanol–water partition coefficient (Wildman–Crippen LogP) is 4.27. The molecule has 0 saturated heterocycles. The van der Waals surface area contributed by atoms with Crippen molar-refractivity contribution in [1.29, 1.82) is 0 Å². The van der Waals surface area contributed by atoms with Crippen LogP contribution in [0.5, 0.6) is 5.75 Å². The first-order valence-electron chi connectivity index (χ1n) is 12.9. The summed E-state index contributed by atoms with van der Waals surface area (Å²) in [7, 11) is -20.1. The number of nitrogens with one attached hydrogen (secondary N) is 2. The average molecular weight is 788 g/mol. The lowest BCUT2D eigenvalue weighted by Crippen LogP contribution is -2.09. The second-order valence-electron chi connectivity index (χ2n) is 9.74. The second-order valence-corrected chi connectivity index (χ2v) is 15.7. The lowest BCUT2D eigenvalue weighted by atomic mass is 10.1. The number of rotatable bonds is 10. The van der Waals surface area contributed by atoms with Gasteiger partial charge in [-0.2, -0.15) is 53.7 Å². The second kappa shape index (κ2) is 13.1. The molecule has 1 aromatic heterocycles. The molecular weight excluding hydrogens is 770 g/mol. The lowest BCUT2D eigenvalue weighted by molar-refractivity contribution is 0.472. The molecule has 20 nitrogen and oxygen atoms in total. The van der Waals surface area contributed by atoms with Crippen molar-refractivity contribution in [2.24, 2.45) is 10.2 Å². The molecule has 0 fully saturated rings. The van der Waals surface area contributed by atoms with Crippen molar-refractivity contribution in [1.82, 2.24) is 15.0 Å². The molecule has 25 heteroatoms. The zero-order valence-electron chi connectivity index (χ0n) is 24.1. The van der Waals surface area contributed by atoms with Gasteiger partial charge in [-0.1, -0.05) is 18.2 Å². The molecule has 0 aliphatic rings. The minimum atomic E-state index is -5.16. The van der Waals surface area contributed by atoms with Crippen molar-refractivity contribution in [3.8, 4) is 5.75 Å². The number of phenols is 1. The molecule has 5 aromatic rings. The molecule has 1 heterocycles. The number of fused-ring (bicyclic) bond motifs is 1. The van der Waals surface area contributed by atoms with Crippen molar-refractivity contribution >= 4 is 97.5 Å². The molecule has 0 aliphatic carbocycles. The highest BCUT2D eigenvalue weighted by Gasteiger charge is 2.26. The summed E-state index contributed by atoms with van der Waals surface area (Å²) in [5, 5.41) is 22.3. The van der Waals surface area contributed by atoms with Crippen LogP contribution in [0.3, 0.4) is 0 Å². The molecule has 7 N–H and O–H groups in total. The van der Waals surface area contributed by atoms with Crippen LogP contribution < -0.4 is 10.6 Å². The number of halogens is 1. The topological polar surface area (TPSA) is 325 Å². The van der Waals surface area contributed by atoms with E-state index in [0.29, 0.717) is 18.2 Å². The third kappa shape index (κ3) is 8.09. The van der Waals surface area contributed by atoms with Crippen molar-refractivity contribution in [3.05, 3.63) is 72.0 Å². The van der Waals surface area contributed by atoms with Crippen LogP contribution in [0.4, 0.5) is 34.6 Å². The van der Waals surface area contributed by atoms with Crippen LogP contribution in [-0.2, 0) is 40.5 Å². The monoisotopic (exact) mass is 787 g/mol. The maximum Gasteiger partial charge on any atom is 0.296 e. The van der Waals surface area contributed by atoms with E-state index < -0.39 is 105 Å². The Morgan fingerprint density at radius 1 is 0.600 bits per heavy atom. The first-order chi connectivity index (χ1) is 23.1. The van der Waals surface area contributed by atoms with Gasteiger partial charge < -0.3 is 15.7 Å². The molecule has 0 amide bonds. The van der Waals surface area contributed by atoms with Crippen LogP contribution in [0, 0.1) is 0 Å². The van der Waals surface area contributed by atoms with Crippen LogP contribution in [0.1, 0.15) is 0 Å². The molecule has 0 unspecified atom stereocenters. The van der Waals surface area contributed by atoms with E-state index in [9.17, 15) is 57.0 Å². The number of azo groups is 1. The molecular formula is C25H18ClN7O13S4. The molecule has 50 heavy (non-hydrogen) atoms. The number of hydrogen-bond acceptors (Lipinski definition) is 16. The Bertz CT molecular complexity index is 2680. The molecule has 0 radical (unpaired) electrons. The molecule has 0 bridgehead atoms. The molecule has 5 rings (SSSR count). The highest BCUT2D eigenvalue weighted by Crippen LogP contribution is 2.45. The van der Waals surface area contributed by atoms with E-state index in [1.54, 1.807) is 18.2 Å². The van der Waals surface area contributed by atoms with Gasteiger partial charge in [0, 0.05) is 5.39 Å². The van der Waals surface area contributed by atoms with Crippen molar-refractivity contribution in [2.75, 3.05) is 10.6 Å². The Morgan fingerprint density at radius 3 is 1.72 bits per heavy atom. The number of aromatic hydroxyl groups is 1. The quantitative estimate of drug-likeness (QED) is 0.0767. The van der Waals surface area contributed by atoms with E-state index in [4.69, 9.17) is 11.6 Å². The van der Waals surface area contributed by atoms with Crippen LogP contribution in [0.15, 0.2) is 96.5 Å². The number of benzene rings is 4. The number of anilines is 4. The van der Waals surface area contributed by atoms with E-state index in [0.717, 1.165) is 18.2 Å². The zero-order valence-corrected chi connectivity index (χ0v) is 28.1. The molecule has 0 atom stereocenters. The van der Waals surface area contributed by atoms with Crippen molar-refractivity contribution in [2.45, 2.75) is 19.6 Å². The summed E-state index contributed by atoms with van der Waals surface area (Å²) in [5.74, 6) is -2.20. The number of phenolic OH excluding ortho intramolecular Hbond substituents is 1. The van der Waals surface area contributed by atoms with Gasteiger partial charge in [-0.3, -0.25) is 18.2 Å². The van der Waals surface area contributed by atoms with Gasteiger partial charge >= 0.3 is 0 Å². The highest BCUT2D eigenvalue weighted by molar-refractivity contribution is 7.86. The first kappa shape index (κ1) is 36.4. The maximum atomic E-state index is 12.3. The fourth-order valence-corrected chi connectivity index (χ4v) is 6.79. The van der Waals surface area contributed by atoms with Crippen LogP contribution >= 0.6 is 11.6 Å². The van der Waals surface area contributed by atoms with Gasteiger partial charge in [-0.25, -0.2) is 0 Å². The van der Waals surface area contributed by atoms with E-state index in [1.165, 1.54) is 12.1 Å². The predicted molar refractivity (Wildman–Crippen MR) is 173 cm³/mol. The summed E-state index contributed by atoms with van der Waals surface area (Å²) in [5.41, 5.74) is -1.71. The highest BCUT2D eigenvalue weighted by atomic mass is 35.5. The zero-order chi connectivity index (χ0) is 36.8. The van der Waals surface area contributed by atoms with Gasteiger partial charge in [0.15, 0.2) is 5.75 Å². The van der Waals surface area contributed by atoms with Gasteiger partial charge in [0.05, 0.1) is 26.9 Å². The summed E-state index contributed by atoms with van der Waals surface area (Å²) < 4.78 is 135. The molecule has 262 valence electrons. The Morgan fingerprint density at radius 2 is 1.16 bits per heavy atom. The van der Waals surface area contributed by atoms with Gasteiger partial charge in [-0.05, 0) is 65.5 Å². The Hall–Kier alpha value is -4.92. The van der Waals surface area contributed by atoms with Crippen molar-refractivity contribution < 1.29 is 57.0 Å². The fourth-order valence-electron chi connectivity index (χ4n) is 4.30. The van der Waals surface area contributed by atoms with E-state index in [2.05, 4.69) is 35.8 Å². The summed E-state index contributed by atoms with van der Waals surface area (Å²) in [6.45, 7) is 0. The first-order valence-corrected chi connectivity index (χ1v) is 19.1. The summed E-state index contributed by atoms with van der Waals surface area (Å²) in [6.07, 6.45) is 0. The lowest BCUT2D eigenvalue weighted by Gasteiger charge is -2.15. The van der Waals surface area contributed by atoms with Gasteiger partial charge in [0.1, 0.15) is 15.5 Å². The fraction of sp³-hybridized carbons (Fsp3) is 0. The number of hydrogen-bond donors (Lipinski definition) is 7. The van der Waals surface area contributed by atoms with Crippen molar-refractivity contribution in [3.63, 3.8) is 0 Å². The van der Waals surface area contributed by atoms with Crippen LogP contribution in [0.25, 0.3) is 10.8 Å². The SMILES string of the molecule is O=S(=O)(O)c1ccc(S(=O)(=O)O)c(Nc2nc(Cl)nc(Nc3cc(S(=O)(=O)O)cc4cc(S(=O)(=O)O)c(N=Nc5ccccc5)c(O)c34)n2)c1. The number of aromatic nitrogens is 3. The summed E-state index contributed by atoms with van der Waals surface area (Å²) >= 11 is 6.01. The Kier molecular flexibility index (Phi) is 9.51. The summed E-state index contributed by atoms with van der Waals surface area (Å²) in [6, 6.07) is 12.0. The van der Waals surface area contributed by atoms with Gasteiger partial charge in [0.2, 0.25) is 17.2 Å².